The van der Waals surface area contributed by atoms with Crippen LogP contribution in [0, 0.1) is 6.92 Å². The molecule has 1 atom stereocenters. The molecule has 1 saturated carbocycles. The van der Waals surface area contributed by atoms with E-state index in [1.807, 2.05) is 0 Å². The first kappa shape index (κ1) is 18.4. The summed E-state index contributed by atoms with van der Waals surface area (Å²) < 4.78 is 40.4. The van der Waals surface area contributed by atoms with Gasteiger partial charge in [-0.3, -0.25) is 0 Å². The molecule has 2 N–H and O–H groups in total. The molecule has 146 valence electrons. The van der Waals surface area contributed by atoms with Crippen molar-refractivity contribution in [3.8, 4) is 5.82 Å². The maximum Gasteiger partial charge on any atom is 0.435 e. The Bertz CT molecular complexity index is 982. The highest BCUT2D eigenvalue weighted by Gasteiger charge is 2.38. The first-order valence-electron chi connectivity index (χ1n) is 8.67. The number of aliphatic hydroxyl groups is 1. The Labute approximate surface area is 158 Å². The van der Waals surface area contributed by atoms with E-state index in [-0.39, 0.29) is 11.7 Å². The van der Waals surface area contributed by atoms with E-state index in [4.69, 9.17) is 0 Å². The summed E-state index contributed by atoms with van der Waals surface area (Å²) in [6.45, 7) is 1.75. The third kappa shape index (κ3) is 3.68. The third-order valence-electron chi connectivity index (χ3n) is 4.54. The summed E-state index contributed by atoms with van der Waals surface area (Å²) in [7, 11) is 0. The maximum atomic E-state index is 13.0. The maximum absolute atomic E-state index is 13.0. The Balaban J connectivity index is 1.57. The van der Waals surface area contributed by atoms with Gasteiger partial charge in [0.25, 0.3) is 0 Å². The van der Waals surface area contributed by atoms with Gasteiger partial charge in [0.05, 0.1) is 11.9 Å². The minimum atomic E-state index is -4.50. The molecule has 0 spiro atoms. The van der Waals surface area contributed by atoms with Crippen molar-refractivity contribution in [3.05, 3.63) is 59.6 Å². The average Bonchev–Trinajstić information content (AvgIpc) is 3.39. The second-order valence-electron chi connectivity index (χ2n) is 6.65. The lowest BCUT2D eigenvalue weighted by atomic mass is 10.2. The van der Waals surface area contributed by atoms with Gasteiger partial charge < -0.3 is 10.4 Å². The number of anilines is 1. The van der Waals surface area contributed by atoms with Gasteiger partial charge in [0, 0.05) is 29.1 Å². The molecule has 3 aromatic rings. The topological polar surface area (TPSA) is 88.8 Å². The Morgan fingerprint density at radius 1 is 1.21 bits per heavy atom. The van der Waals surface area contributed by atoms with E-state index in [9.17, 15) is 18.3 Å². The number of pyridine rings is 1. The van der Waals surface area contributed by atoms with Gasteiger partial charge in [-0.15, -0.1) is 0 Å². The standard InChI is InChI=1S/C18H17F3N6O/c1-10-13(8-22-9-24-10)17(28)25-12-4-5-16(23-7-12)27-14(11-2-3-11)6-15(26-27)18(19,20)21/h4-9,11,17,25,28H,2-3H2,1H3. The van der Waals surface area contributed by atoms with Crippen molar-refractivity contribution in [3.63, 3.8) is 0 Å². The fraction of sp³-hybridized carbons (Fsp3) is 0.333. The summed E-state index contributed by atoms with van der Waals surface area (Å²) >= 11 is 0. The Morgan fingerprint density at radius 3 is 2.61 bits per heavy atom. The Morgan fingerprint density at radius 2 is 2.00 bits per heavy atom. The normalized spacial score (nSPS) is 15.5. The number of nitrogens with one attached hydrogen (secondary N) is 1. The van der Waals surface area contributed by atoms with Gasteiger partial charge in [0.2, 0.25) is 0 Å². The number of halogens is 3. The highest BCUT2D eigenvalue weighted by Crippen LogP contribution is 2.42. The Hall–Kier alpha value is -3.01. The lowest BCUT2D eigenvalue weighted by Crippen LogP contribution is -2.13. The van der Waals surface area contributed by atoms with Crippen LogP contribution >= 0.6 is 0 Å². The molecular weight excluding hydrogens is 373 g/mol. The van der Waals surface area contributed by atoms with E-state index >= 15 is 0 Å². The molecule has 0 amide bonds. The molecule has 3 aromatic heterocycles. The highest BCUT2D eigenvalue weighted by atomic mass is 19.4. The first-order valence-corrected chi connectivity index (χ1v) is 8.67. The predicted octanol–water partition coefficient (Wildman–Crippen LogP) is 3.36. The molecule has 3 heterocycles. The summed E-state index contributed by atoms with van der Waals surface area (Å²) in [6, 6.07) is 4.27. The second-order valence-corrected chi connectivity index (χ2v) is 6.65. The van der Waals surface area contributed by atoms with Gasteiger partial charge in [-0.25, -0.2) is 19.6 Å². The monoisotopic (exact) mass is 390 g/mol. The smallest absolute Gasteiger partial charge is 0.369 e. The molecular formula is C18H17F3N6O. The molecule has 28 heavy (non-hydrogen) atoms. The van der Waals surface area contributed by atoms with Crippen LogP contribution in [0.3, 0.4) is 0 Å². The number of aryl methyl sites for hydroxylation is 1. The quantitative estimate of drug-likeness (QED) is 0.650. The van der Waals surface area contributed by atoms with Crippen LogP contribution in [0.5, 0.6) is 0 Å². The van der Waals surface area contributed by atoms with Crippen molar-refractivity contribution in [2.45, 2.75) is 38.1 Å². The van der Waals surface area contributed by atoms with Crippen molar-refractivity contribution >= 4 is 5.69 Å². The van der Waals surface area contributed by atoms with Crippen LogP contribution in [0.15, 0.2) is 36.9 Å². The highest BCUT2D eigenvalue weighted by molar-refractivity contribution is 5.46. The third-order valence-corrected chi connectivity index (χ3v) is 4.54. The van der Waals surface area contributed by atoms with Gasteiger partial charge in [0.1, 0.15) is 6.33 Å². The molecule has 10 heteroatoms. The van der Waals surface area contributed by atoms with Crippen molar-refractivity contribution in [2.24, 2.45) is 0 Å². The van der Waals surface area contributed by atoms with Gasteiger partial charge in [-0.2, -0.15) is 18.3 Å². The Kier molecular flexibility index (Phi) is 4.50. The van der Waals surface area contributed by atoms with E-state index in [1.165, 1.54) is 23.4 Å². The molecule has 1 unspecified atom stereocenters. The minimum absolute atomic E-state index is 0.0751. The second kappa shape index (κ2) is 6.86. The number of aliphatic hydroxyl groups excluding tert-OH is 1. The SMILES string of the molecule is Cc1ncncc1C(O)Nc1ccc(-n2nc(C(F)(F)F)cc2C2CC2)nc1. The van der Waals surface area contributed by atoms with Crippen LogP contribution in [0.25, 0.3) is 5.82 Å². The number of aromatic nitrogens is 5. The van der Waals surface area contributed by atoms with Crippen LogP contribution in [0.1, 0.15) is 47.6 Å². The van der Waals surface area contributed by atoms with E-state index in [1.54, 1.807) is 19.1 Å². The van der Waals surface area contributed by atoms with E-state index < -0.39 is 18.1 Å². The fourth-order valence-electron chi connectivity index (χ4n) is 2.89. The van der Waals surface area contributed by atoms with E-state index in [0.717, 1.165) is 18.9 Å². The number of nitrogens with zero attached hydrogens (tertiary/aromatic N) is 5. The molecule has 0 radical (unpaired) electrons. The number of hydrogen-bond donors (Lipinski definition) is 2. The average molecular weight is 390 g/mol. The summed E-state index contributed by atoms with van der Waals surface area (Å²) in [5.74, 6) is 0.364. The van der Waals surface area contributed by atoms with Crippen LogP contribution in [0.4, 0.5) is 18.9 Å². The van der Waals surface area contributed by atoms with Crippen molar-refractivity contribution in [2.75, 3.05) is 5.32 Å². The van der Waals surface area contributed by atoms with Crippen LogP contribution < -0.4 is 5.32 Å². The van der Waals surface area contributed by atoms with Crippen LogP contribution in [-0.4, -0.2) is 29.8 Å². The van der Waals surface area contributed by atoms with Crippen molar-refractivity contribution < 1.29 is 18.3 Å². The fourth-order valence-corrected chi connectivity index (χ4v) is 2.89. The largest absolute Gasteiger partial charge is 0.435 e. The van der Waals surface area contributed by atoms with Gasteiger partial charge in [-0.1, -0.05) is 0 Å². The lowest BCUT2D eigenvalue weighted by molar-refractivity contribution is -0.141. The summed E-state index contributed by atoms with van der Waals surface area (Å²) in [6.07, 6.45) is 0.461. The van der Waals surface area contributed by atoms with Crippen LogP contribution in [0.2, 0.25) is 0 Å². The van der Waals surface area contributed by atoms with Crippen molar-refractivity contribution in [1.29, 1.82) is 0 Å². The molecule has 4 rings (SSSR count). The predicted molar refractivity (Wildman–Crippen MR) is 93.7 cm³/mol. The molecule has 0 aromatic carbocycles. The molecule has 1 aliphatic carbocycles. The van der Waals surface area contributed by atoms with Gasteiger partial charge >= 0.3 is 6.18 Å². The molecule has 7 nitrogen and oxygen atoms in total. The zero-order valence-corrected chi connectivity index (χ0v) is 14.9. The lowest BCUT2D eigenvalue weighted by Gasteiger charge is -2.15. The molecule has 0 saturated heterocycles. The van der Waals surface area contributed by atoms with Crippen LogP contribution in [-0.2, 0) is 6.18 Å². The molecule has 0 aliphatic heterocycles. The zero-order valence-electron chi connectivity index (χ0n) is 14.9. The summed E-state index contributed by atoms with van der Waals surface area (Å²) in [5, 5.41) is 16.9. The first-order chi connectivity index (χ1) is 13.3. The zero-order chi connectivity index (χ0) is 19.9. The molecule has 1 fully saturated rings. The van der Waals surface area contributed by atoms with Gasteiger partial charge in [-0.05, 0) is 38.0 Å². The van der Waals surface area contributed by atoms with E-state index in [0.29, 0.717) is 22.6 Å². The summed E-state index contributed by atoms with van der Waals surface area (Å²) in [5.41, 5.74) is 1.23. The summed E-state index contributed by atoms with van der Waals surface area (Å²) in [4.78, 5) is 12.1. The minimum Gasteiger partial charge on any atom is -0.369 e. The van der Waals surface area contributed by atoms with Gasteiger partial charge in [0.15, 0.2) is 17.7 Å². The van der Waals surface area contributed by atoms with Crippen molar-refractivity contribution in [1.82, 2.24) is 24.7 Å². The molecule has 1 aliphatic rings. The van der Waals surface area contributed by atoms with E-state index in [2.05, 4.69) is 25.4 Å². The number of alkyl halides is 3. The molecule has 0 bridgehead atoms. The number of rotatable bonds is 5. The number of hydrogen-bond acceptors (Lipinski definition) is 6.